The van der Waals surface area contributed by atoms with Gasteiger partial charge in [-0.2, -0.15) is 5.01 Å². The Balaban J connectivity index is 2.39. The molecular weight excluding hydrogens is 136 g/mol. The molecule has 1 saturated heterocycles. The number of hydroxylamine groups is 1. The number of hydrazine groups is 1. The predicted molar refractivity (Wildman–Crippen MR) is 32.5 cm³/mol. The average molecular weight is 146 g/mol. The van der Waals surface area contributed by atoms with Crippen molar-refractivity contribution >= 4 is 6.09 Å². The van der Waals surface area contributed by atoms with Crippen LogP contribution in [0.2, 0.25) is 0 Å². The van der Waals surface area contributed by atoms with E-state index in [1.165, 1.54) is 5.01 Å². The van der Waals surface area contributed by atoms with Crippen LogP contribution >= 0.6 is 0 Å². The zero-order valence-electron chi connectivity index (χ0n) is 5.53. The molecular formula is C5H10N2O3. The van der Waals surface area contributed by atoms with Crippen LogP contribution in [0.15, 0.2) is 0 Å². The molecule has 1 rings (SSSR count). The van der Waals surface area contributed by atoms with Gasteiger partial charge in [-0.15, -0.1) is 5.17 Å². The van der Waals surface area contributed by atoms with Gasteiger partial charge in [-0.1, -0.05) is 0 Å². The molecule has 0 bridgehead atoms. The lowest BCUT2D eigenvalue weighted by atomic mass is 10.4. The van der Waals surface area contributed by atoms with Crippen LogP contribution in [0, 0.1) is 0 Å². The normalized spacial score (nSPS) is 19.3. The Labute approximate surface area is 58.4 Å². The minimum absolute atomic E-state index is 0.257. The molecule has 1 aliphatic heterocycles. The van der Waals surface area contributed by atoms with Crippen molar-refractivity contribution in [3.63, 3.8) is 0 Å². The molecule has 2 N–H and O–H groups in total. The quantitative estimate of drug-likeness (QED) is 0.414. The van der Waals surface area contributed by atoms with Gasteiger partial charge in [-0.25, -0.2) is 4.79 Å². The van der Waals surface area contributed by atoms with Gasteiger partial charge >= 0.3 is 6.09 Å². The van der Waals surface area contributed by atoms with Crippen molar-refractivity contribution in [3.05, 3.63) is 0 Å². The van der Waals surface area contributed by atoms with E-state index in [2.05, 4.69) is 0 Å². The van der Waals surface area contributed by atoms with Crippen LogP contribution in [0.5, 0.6) is 0 Å². The maximum atomic E-state index is 10.1. The van der Waals surface area contributed by atoms with E-state index < -0.39 is 6.09 Å². The lowest BCUT2D eigenvalue weighted by Crippen LogP contribution is -2.41. The molecule has 1 aliphatic rings. The maximum absolute atomic E-state index is 10.1. The molecule has 5 heteroatoms. The molecule has 0 atom stereocenters. The molecule has 58 valence electrons. The first-order valence-corrected chi connectivity index (χ1v) is 3.18. The van der Waals surface area contributed by atoms with Gasteiger partial charge in [-0.3, -0.25) is 5.21 Å². The highest BCUT2D eigenvalue weighted by Gasteiger charge is 2.21. The number of carbonyl (C=O) groups is 1. The van der Waals surface area contributed by atoms with E-state index in [1.54, 1.807) is 0 Å². The first kappa shape index (κ1) is 7.30. The van der Waals surface area contributed by atoms with E-state index in [-0.39, 0.29) is 5.17 Å². The second-order valence-corrected chi connectivity index (χ2v) is 2.23. The number of hydrogen-bond donors (Lipinski definition) is 2. The van der Waals surface area contributed by atoms with E-state index >= 15 is 0 Å². The molecule has 0 saturated carbocycles. The summed E-state index contributed by atoms with van der Waals surface area (Å²) >= 11 is 0. The summed E-state index contributed by atoms with van der Waals surface area (Å²) in [6.45, 7) is 1.26. The summed E-state index contributed by atoms with van der Waals surface area (Å²) in [7, 11) is 0. The SMILES string of the molecule is O=C(O)N(O)N1CCCC1. The van der Waals surface area contributed by atoms with Gasteiger partial charge in [0, 0.05) is 13.1 Å². The number of nitrogens with zero attached hydrogens (tertiary/aromatic N) is 2. The Hall–Kier alpha value is -0.810. The van der Waals surface area contributed by atoms with Crippen molar-refractivity contribution < 1.29 is 15.1 Å². The summed E-state index contributed by atoms with van der Waals surface area (Å²) in [5.74, 6) is 0. The summed E-state index contributed by atoms with van der Waals surface area (Å²) in [6, 6.07) is 0. The molecule has 0 unspecified atom stereocenters. The fourth-order valence-electron chi connectivity index (χ4n) is 1.01. The molecule has 1 amide bonds. The molecule has 5 nitrogen and oxygen atoms in total. The number of hydrogen-bond acceptors (Lipinski definition) is 3. The highest BCUT2D eigenvalue weighted by Crippen LogP contribution is 2.08. The largest absolute Gasteiger partial charge is 0.462 e. The summed E-state index contributed by atoms with van der Waals surface area (Å²) in [5, 5.41) is 18.7. The smallest absolute Gasteiger partial charge is 0.447 e. The Morgan fingerprint density at radius 3 is 2.30 bits per heavy atom. The molecule has 0 radical (unpaired) electrons. The average Bonchev–Trinajstić information content (AvgIpc) is 2.36. The first-order valence-electron chi connectivity index (χ1n) is 3.18. The van der Waals surface area contributed by atoms with E-state index in [4.69, 9.17) is 10.3 Å². The van der Waals surface area contributed by atoms with Gasteiger partial charge in [0.25, 0.3) is 0 Å². The second-order valence-electron chi connectivity index (χ2n) is 2.23. The topological polar surface area (TPSA) is 64.0 Å². The van der Waals surface area contributed by atoms with Crippen LogP contribution in [-0.4, -0.2) is 39.7 Å². The highest BCUT2D eigenvalue weighted by molar-refractivity contribution is 5.62. The number of amides is 1. The standard InChI is InChI=1S/C5H10N2O3/c8-5(9)7(10)6-3-1-2-4-6/h10H,1-4H2,(H,8,9). The minimum Gasteiger partial charge on any atom is -0.462 e. The minimum atomic E-state index is -1.32. The van der Waals surface area contributed by atoms with E-state index in [0.29, 0.717) is 13.1 Å². The van der Waals surface area contributed by atoms with E-state index in [9.17, 15) is 4.79 Å². The van der Waals surface area contributed by atoms with Gasteiger partial charge in [0.1, 0.15) is 0 Å². The first-order chi connectivity index (χ1) is 4.72. The van der Waals surface area contributed by atoms with Gasteiger partial charge in [0.05, 0.1) is 0 Å². The van der Waals surface area contributed by atoms with Gasteiger partial charge in [0.15, 0.2) is 0 Å². The van der Waals surface area contributed by atoms with E-state index in [0.717, 1.165) is 12.8 Å². The zero-order valence-corrected chi connectivity index (χ0v) is 5.53. The van der Waals surface area contributed by atoms with Gasteiger partial charge in [0.2, 0.25) is 0 Å². The second kappa shape index (κ2) is 2.85. The highest BCUT2D eigenvalue weighted by atomic mass is 16.6. The van der Waals surface area contributed by atoms with Crippen molar-refractivity contribution in [2.24, 2.45) is 0 Å². The third-order valence-electron chi connectivity index (χ3n) is 1.52. The zero-order chi connectivity index (χ0) is 7.56. The third-order valence-corrected chi connectivity index (χ3v) is 1.52. The molecule has 1 heterocycles. The summed E-state index contributed by atoms with van der Waals surface area (Å²) in [4.78, 5) is 10.1. The molecule has 0 aromatic heterocycles. The van der Waals surface area contributed by atoms with Crippen molar-refractivity contribution in [2.45, 2.75) is 12.8 Å². The molecule has 0 aliphatic carbocycles. The summed E-state index contributed by atoms with van der Waals surface area (Å²) in [5.41, 5.74) is 0. The van der Waals surface area contributed by atoms with Gasteiger partial charge in [-0.05, 0) is 12.8 Å². The van der Waals surface area contributed by atoms with Crippen molar-refractivity contribution in [1.82, 2.24) is 10.2 Å². The third kappa shape index (κ3) is 1.37. The monoisotopic (exact) mass is 146 g/mol. The molecule has 0 aromatic carbocycles. The Kier molecular flexibility index (Phi) is 2.08. The van der Waals surface area contributed by atoms with E-state index in [1.807, 2.05) is 0 Å². The van der Waals surface area contributed by atoms with Crippen LogP contribution < -0.4 is 0 Å². The van der Waals surface area contributed by atoms with Crippen LogP contribution in [0.25, 0.3) is 0 Å². The van der Waals surface area contributed by atoms with Crippen molar-refractivity contribution in [2.75, 3.05) is 13.1 Å². The molecule has 1 fully saturated rings. The van der Waals surface area contributed by atoms with Crippen LogP contribution in [-0.2, 0) is 0 Å². The Bertz CT molecular complexity index is 133. The van der Waals surface area contributed by atoms with Crippen molar-refractivity contribution in [3.8, 4) is 0 Å². The predicted octanol–water partition coefficient (Wildman–Crippen LogP) is 0.366. The Morgan fingerprint density at radius 2 is 1.90 bits per heavy atom. The fourth-order valence-corrected chi connectivity index (χ4v) is 1.01. The molecule has 10 heavy (non-hydrogen) atoms. The fraction of sp³-hybridized carbons (Fsp3) is 0.800. The van der Waals surface area contributed by atoms with Crippen LogP contribution in [0.3, 0.4) is 0 Å². The lowest BCUT2D eigenvalue weighted by Gasteiger charge is -2.21. The Morgan fingerprint density at radius 1 is 1.40 bits per heavy atom. The maximum Gasteiger partial charge on any atom is 0.447 e. The molecule has 0 spiro atoms. The summed E-state index contributed by atoms with van der Waals surface area (Å²) in [6.07, 6.45) is 0.580. The summed E-state index contributed by atoms with van der Waals surface area (Å²) < 4.78 is 0. The van der Waals surface area contributed by atoms with Crippen LogP contribution in [0.1, 0.15) is 12.8 Å². The van der Waals surface area contributed by atoms with Crippen molar-refractivity contribution in [1.29, 1.82) is 0 Å². The molecule has 0 aromatic rings. The number of rotatable bonds is 1. The van der Waals surface area contributed by atoms with Crippen LogP contribution in [0.4, 0.5) is 4.79 Å². The van der Waals surface area contributed by atoms with Gasteiger partial charge < -0.3 is 5.11 Å². The number of carboxylic acid groups (broad SMARTS) is 1. The lowest BCUT2D eigenvalue weighted by molar-refractivity contribution is -0.201.